The first-order valence-corrected chi connectivity index (χ1v) is 12.5. The highest BCUT2D eigenvalue weighted by Crippen LogP contribution is 2.50. The summed E-state index contributed by atoms with van der Waals surface area (Å²) in [6.07, 6.45) is 0.903. The number of aliphatic hydroxyl groups excluding tert-OH is 2. The minimum atomic E-state index is -1.01. The predicted molar refractivity (Wildman–Crippen MR) is 135 cm³/mol. The summed E-state index contributed by atoms with van der Waals surface area (Å²) in [7, 11) is 0. The van der Waals surface area contributed by atoms with E-state index >= 15 is 0 Å². The van der Waals surface area contributed by atoms with Gasteiger partial charge in [0, 0.05) is 28.4 Å². The van der Waals surface area contributed by atoms with Gasteiger partial charge in [-0.2, -0.15) is 5.26 Å². The van der Waals surface area contributed by atoms with E-state index in [1.54, 1.807) is 18.2 Å². The largest absolute Gasteiger partial charge is 0.394 e. The van der Waals surface area contributed by atoms with Gasteiger partial charge in [-0.1, -0.05) is 61.3 Å². The molecule has 1 saturated heterocycles. The molecule has 1 aliphatic heterocycles. The van der Waals surface area contributed by atoms with Crippen LogP contribution in [0.1, 0.15) is 56.6 Å². The Morgan fingerprint density at radius 3 is 2.47 bits per heavy atom. The highest BCUT2D eigenvalue weighted by molar-refractivity contribution is 6.30. The highest BCUT2D eigenvalue weighted by atomic mass is 35.5. The van der Waals surface area contributed by atoms with Crippen LogP contribution in [0.3, 0.4) is 0 Å². The summed E-state index contributed by atoms with van der Waals surface area (Å²) in [6.45, 7) is 3.88. The van der Waals surface area contributed by atoms with Crippen LogP contribution < -0.4 is 5.32 Å². The van der Waals surface area contributed by atoms with Crippen LogP contribution in [0.15, 0.2) is 48.5 Å². The zero-order chi connectivity index (χ0) is 24.9. The van der Waals surface area contributed by atoms with E-state index in [9.17, 15) is 15.2 Å². The average molecular weight is 503 g/mol. The molecule has 0 spiro atoms. The number of halogens is 2. The van der Waals surface area contributed by atoms with E-state index in [0.717, 1.165) is 11.1 Å². The van der Waals surface area contributed by atoms with Gasteiger partial charge in [0.25, 0.3) is 0 Å². The molecule has 0 bridgehead atoms. The van der Waals surface area contributed by atoms with E-state index in [4.69, 9.17) is 28.3 Å². The summed E-state index contributed by atoms with van der Waals surface area (Å²) in [5.74, 6) is -0.183. The van der Waals surface area contributed by atoms with Gasteiger partial charge in [0.15, 0.2) is 0 Å². The molecule has 5 atom stereocenters. The fraction of sp³-hybridized carbons (Fsp3) is 0.481. The van der Waals surface area contributed by atoms with Crippen molar-refractivity contribution in [1.82, 2.24) is 5.32 Å². The Balaban J connectivity index is 2.11. The third kappa shape index (κ3) is 5.64. The van der Waals surface area contributed by atoms with Crippen molar-refractivity contribution >= 4 is 29.0 Å². The summed E-state index contributed by atoms with van der Waals surface area (Å²) >= 11 is 12.5. The lowest BCUT2D eigenvalue weighted by Crippen LogP contribution is -2.42. The van der Waals surface area contributed by atoms with Crippen molar-refractivity contribution in [1.29, 1.82) is 5.26 Å². The molecule has 5 nitrogen and oxygen atoms in total. The molecule has 7 heteroatoms. The van der Waals surface area contributed by atoms with Gasteiger partial charge in [0.05, 0.1) is 24.8 Å². The maximum Gasteiger partial charge on any atom is 0.150 e. The Morgan fingerprint density at radius 2 is 1.88 bits per heavy atom. The van der Waals surface area contributed by atoms with Gasteiger partial charge in [-0.3, -0.25) is 4.79 Å². The number of rotatable bonds is 10. The molecule has 0 saturated carbocycles. The van der Waals surface area contributed by atoms with Crippen LogP contribution in [-0.4, -0.2) is 40.8 Å². The summed E-state index contributed by atoms with van der Waals surface area (Å²) in [6, 6.07) is 16.5. The second-order valence-corrected chi connectivity index (χ2v) is 10.4. The van der Waals surface area contributed by atoms with Crippen LogP contribution in [0.5, 0.6) is 0 Å². The van der Waals surface area contributed by atoms with E-state index < -0.39 is 23.5 Å². The molecule has 1 fully saturated rings. The van der Waals surface area contributed by atoms with Crippen molar-refractivity contribution < 1.29 is 15.0 Å². The fourth-order valence-electron chi connectivity index (χ4n) is 5.16. The molecule has 0 unspecified atom stereocenters. The fourth-order valence-corrected chi connectivity index (χ4v) is 5.49. The molecule has 0 aromatic heterocycles. The van der Waals surface area contributed by atoms with Crippen molar-refractivity contribution in [3.63, 3.8) is 0 Å². The van der Waals surface area contributed by atoms with E-state index in [-0.39, 0.29) is 24.9 Å². The number of ketones is 1. The molecule has 182 valence electrons. The van der Waals surface area contributed by atoms with Crippen LogP contribution in [0.2, 0.25) is 10.0 Å². The minimum absolute atomic E-state index is 0.0186. The molecule has 2 aromatic rings. The number of hydrogen-bond donors (Lipinski definition) is 3. The second-order valence-electron chi connectivity index (χ2n) is 9.54. The Morgan fingerprint density at radius 1 is 1.18 bits per heavy atom. The van der Waals surface area contributed by atoms with E-state index in [1.165, 1.54) is 0 Å². The van der Waals surface area contributed by atoms with Gasteiger partial charge in [0.2, 0.25) is 0 Å². The molecule has 3 rings (SSSR count). The van der Waals surface area contributed by atoms with Gasteiger partial charge in [0.1, 0.15) is 11.2 Å². The van der Waals surface area contributed by atoms with E-state index in [0.29, 0.717) is 35.2 Å². The third-order valence-electron chi connectivity index (χ3n) is 6.69. The Kier molecular flexibility index (Phi) is 9.14. The Hall–Kier alpha value is -1.94. The van der Waals surface area contributed by atoms with Gasteiger partial charge in [-0.25, -0.2) is 0 Å². The molecule has 0 amide bonds. The lowest BCUT2D eigenvalue weighted by atomic mass is 9.63. The highest BCUT2D eigenvalue weighted by Gasteiger charge is 2.58. The van der Waals surface area contributed by atoms with Gasteiger partial charge in [-0.15, -0.1) is 0 Å². The zero-order valence-electron chi connectivity index (χ0n) is 19.5. The number of aliphatic hydroxyl groups is 2. The normalized spacial score (nSPS) is 25.3. The summed E-state index contributed by atoms with van der Waals surface area (Å²) in [5.41, 5.74) is 0.634. The lowest BCUT2D eigenvalue weighted by molar-refractivity contribution is -0.121. The predicted octanol–water partition coefficient (Wildman–Crippen LogP) is 5.02. The van der Waals surface area contributed by atoms with Crippen LogP contribution in [0.25, 0.3) is 0 Å². The SMILES string of the molecule is CC(C)C[C@H]1N[C@@H](C(=O)CCC[C@H](O)CO)[C@H](c2cccc(Cl)c2)[C@@]1(C#N)c1ccc(Cl)cc1. The molecule has 34 heavy (non-hydrogen) atoms. The number of nitrogens with zero attached hydrogens (tertiary/aromatic N) is 1. The molecule has 2 aromatic carbocycles. The zero-order valence-corrected chi connectivity index (χ0v) is 21.1. The Labute approximate surface area is 211 Å². The van der Waals surface area contributed by atoms with Crippen molar-refractivity contribution in [3.05, 3.63) is 69.7 Å². The first-order valence-electron chi connectivity index (χ1n) is 11.7. The minimum Gasteiger partial charge on any atom is -0.394 e. The number of benzene rings is 2. The number of carbonyl (C=O) groups excluding carboxylic acids is 1. The summed E-state index contributed by atoms with van der Waals surface area (Å²) in [4.78, 5) is 13.5. The quantitative estimate of drug-likeness (QED) is 0.424. The van der Waals surface area contributed by atoms with Crippen molar-refractivity contribution in [2.24, 2.45) is 5.92 Å². The van der Waals surface area contributed by atoms with Crippen molar-refractivity contribution in [3.8, 4) is 6.07 Å². The molecule has 3 N–H and O–H groups in total. The van der Waals surface area contributed by atoms with E-state index in [1.807, 2.05) is 30.3 Å². The molecular formula is C27H32Cl2N2O3. The maximum atomic E-state index is 13.5. The molecule has 0 radical (unpaired) electrons. The molecule has 0 aliphatic carbocycles. The average Bonchev–Trinajstić information content (AvgIpc) is 3.13. The maximum absolute atomic E-state index is 13.5. The summed E-state index contributed by atoms with van der Waals surface area (Å²) in [5, 5.41) is 34.2. The lowest BCUT2D eigenvalue weighted by Gasteiger charge is -2.35. The standard InChI is InChI=1S/C27H32Cl2N2O3/c1-17(2)13-24-27(16-30,19-9-11-20(28)12-10-19)25(18-5-3-6-21(29)14-18)26(31-24)23(34)8-4-7-22(33)15-32/h3,5-6,9-12,14,17,22,24-26,31-33H,4,7-8,13,15H2,1-2H3/t22-,24+,25-,26-,27-/m0/s1. The van der Waals surface area contributed by atoms with Gasteiger partial charge in [-0.05, 0) is 60.6 Å². The van der Waals surface area contributed by atoms with Crippen LogP contribution in [-0.2, 0) is 10.2 Å². The number of nitriles is 1. The van der Waals surface area contributed by atoms with Crippen molar-refractivity contribution in [2.75, 3.05) is 6.61 Å². The number of carbonyl (C=O) groups is 1. The number of nitrogens with one attached hydrogen (secondary N) is 1. The van der Waals surface area contributed by atoms with Crippen LogP contribution in [0.4, 0.5) is 0 Å². The molecular weight excluding hydrogens is 471 g/mol. The van der Waals surface area contributed by atoms with Gasteiger partial charge < -0.3 is 15.5 Å². The topological polar surface area (TPSA) is 93.3 Å². The molecule has 1 aliphatic rings. The van der Waals surface area contributed by atoms with Crippen molar-refractivity contribution in [2.45, 2.75) is 69.1 Å². The number of Topliss-reactive ketones (excluding diaryl/α,β-unsaturated/α-hetero) is 1. The monoisotopic (exact) mass is 502 g/mol. The molecule has 1 heterocycles. The first kappa shape index (κ1) is 26.7. The number of hydrogen-bond acceptors (Lipinski definition) is 5. The Bertz CT molecular complexity index is 1020. The first-order chi connectivity index (χ1) is 16.2. The van der Waals surface area contributed by atoms with Crippen LogP contribution in [0, 0.1) is 17.2 Å². The smallest absolute Gasteiger partial charge is 0.150 e. The summed E-state index contributed by atoms with van der Waals surface area (Å²) < 4.78 is 0. The van der Waals surface area contributed by atoms with Gasteiger partial charge >= 0.3 is 0 Å². The van der Waals surface area contributed by atoms with E-state index in [2.05, 4.69) is 25.2 Å². The second kappa shape index (κ2) is 11.7. The van der Waals surface area contributed by atoms with Crippen LogP contribution >= 0.6 is 23.2 Å². The third-order valence-corrected chi connectivity index (χ3v) is 7.18.